The van der Waals surface area contributed by atoms with Gasteiger partial charge in [0.1, 0.15) is 0 Å². The van der Waals surface area contributed by atoms with Gasteiger partial charge in [-0.1, -0.05) is 24.3 Å². The van der Waals surface area contributed by atoms with Crippen molar-refractivity contribution in [3.63, 3.8) is 0 Å². The van der Waals surface area contributed by atoms with Crippen LogP contribution in [-0.2, 0) is 9.30 Å². The third kappa shape index (κ3) is 3.79. The molecular formula is C12H18NO3P. The van der Waals surface area contributed by atoms with Gasteiger partial charge in [-0.15, -0.1) is 6.58 Å². The van der Waals surface area contributed by atoms with E-state index >= 15 is 0 Å². The molecular weight excluding hydrogens is 237 g/mol. The van der Waals surface area contributed by atoms with Gasteiger partial charge in [-0.3, -0.25) is 4.57 Å². The highest BCUT2D eigenvalue weighted by molar-refractivity contribution is 7.66. The molecule has 0 aliphatic carbocycles. The average Bonchev–Trinajstić information content (AvgIpc) is 2.35. The van der Waals surface area contributed by atoms with Crippen molar-refractivity contribution in [3.05, 3.63) is 43.0 Å². The maximum absolute atomic E-state index is 12.3. The van der Waals surface area contributed by atoms with Crippen LogP contribution in [0.25, 0.3) is 0 Å². The minimum absolute atomic E-state index is 0.111. The summed E-state index contributed by atoms with van der Waals surface area (Å²) in [6.45, 7) is 4.14. The van der Waals surface area contributed by atoms with E-state index in [0.717, 1.165) is 0 Å². The van der Waals surface area contributed by atoms with E-state index in [9.17, 15) is 9.46 Å². The van der Waals surface area contributed by atoms with Gasteiger partial charge in [-0.2, -0.15) is 0 Å². The van der Waals surface area contributed by atoms with Gasteiger partial charge in [0.25, 0.3) is 0 Å². The molecule has 1 aromatic rings. The lowest BCUT2D eigenvalue weighted by Gasteiger charge is -2.21. The number of benzene rings is 1. The minimum atomic E-state index is -3.48. The van der Waals surface area contributed by atoms with E-state index < -0.39 is 13.0 Å². The predicted molar refractivity (Wildman–Crippen MR) is 69.8 cm³/mol. The molecule has 0 spiro atoms. The van der Waals surface area contributed by atoms with Gasteiger partial charge in [0, 0.05) is 11.8 Å². The average molecular weight is 255 g/mol. The van der Waals surface area contributed by atoms with Crippen molar-refractivity contribution in [1.82, 2.24) is 0 Å². The number of hydrogen-bond donors (Lipinski definition) is 2. The highest BCUT2D eigenvalue weighted by Gasteiger charge is 2.31. The van der Waals surface area contributed by atoms with Crippen LogP contribution in [0.5, 0.6) is 0 Å². The van der Waals surface area contributed by atoms with Crippen molar-refractivity contribution in [1.29, 1.82) is 0 Å². The Balaban J connectivity index is 2.79. The van der Waals surface area contributed by atoms with Crippen molar-refractivity contribution in [2.24, 2.45) is 5.73 Å². The van der Waals surface area contributed by atoms with Crippen LogP contribution in [0.2, 0.25) is 0 Å². The minimum Gasteiger partial charge on any atom is -0.376 e. The first-order chi connectivity index (χ1) is 8.12. The first-order valence-electron chi connectivity index (χ1n) is 5.39. The summed E-state index contributed by atoms with van der Waals surface area (Å²) < 4.78 is 17.5. The molecule has 1 rings (SSSR count). The Morgan fingerprint density at radius 1 is 1.47 bits per heavy atom. The van der Waals surface area contributed by atoms with E-state index in [2.05, 4.69) is 6.58 Å². The summed E-state index contributed by atoms with van der Waals surface area (Å²) in [7, 11) is -3.48. The summed E-state index contributed by atoms with van der Waals surface area (Å²) in [6, 6.07) is 8.54. The second kappa shape index (κ2) is 6.72. The fourth-order valence-corrected chi connectivity index (χ4v) is 3.07. The van der Waals surface area contributed by atoms with Crippen LogP contribution >= 0.6 is 7.37 Å². The molecule has 17 heavy (non-hydrogen) atoms. The number of ether oxygens (including phenoxy) is 1. The first kappa shape index (κ1) is 14.1. The molecule has 1 aromatic carbocycles. The van der Waals surface area contributed by atoms with E-state index in [-0.39, 0.29) is 13.2 Å². The fourth-order valence-electron chi connectivity index (χ4n) is 1.45. The summed E-state index contributed by atoms with van der Waals surface area (Å²) in [5.74, 6) is 0. The molecule has 0 aliphatic rings. The van der Waals surface area contributed by atoms with Crippen LogP contribution < -0.4 is 11.0 Å². The molecule has 2 unspecified atom stereocenters. The lowest BCUT2D eigenvalue weighted by atomic mass is 10.4. The second-order valence-corrected chi connectivity index (χ2v) is 6.17. The molecule has 0 fully saturated rings. The highest BCUT2D eigenvalue weighted by Crippen LogP contribution is 2.44. The monoisotopic (exact) mass is 255 g/mol. The van der Waals surface area contributed by atoms with Gasteiger partial charge in [0.15, 0.2) is 0 Å². The topological polar surface area (TPSA) is 72.5 Å². The van der Waals surface area contributed by atoms with E-state index in [4.69, 9.17) is 10.5 Å². The molecule has 0 saturated carbocycles. The molecule has 3 N–H and O–H groups in total. The van der Waals surface area contributed by atoms with Crippen molar-refractivity contribution in [2.75, 3.05) is 19.8 Å². The second-order valence-electron chi connectivity index (χ2n) is 3.67. The number of rotatable bonds is 7. The van der Waals surface area contributed by atoms with Gasteiger partial charge in [-0.25, -0.2) is 0 Å². The van der Waals surface area contributed by atoms with Crippen molar-refractivity contribution in [2.45, 2.75) is 5.66 Å². The van der Waals surface area contributed by atoms with Gasteiger partial charge >= 0.3 is 0 Å². The van der Waals surface area contributed by atoms with Gasteiger partial charge in [0.05, 0.1) is 18.9 Å². The Bertz CT molecular complexity index is 394. The normalized spacial score (nSPS) is 16.1. The third-order valence-corrected chi connectivity index (χ3v) is 4.83. The number of nitrogens with two attached hydrogens (primary N) is 1. The molecule has 94 valence electrons. The van der Waals surface area contributed by atoms with Crippen molar-refractivity contribution >= 4 is 12.7 Å². The van der Waals surface area contributed by atoms with Crippen molar-refractivity contribution in [3.8, 4) is 0 Å². The summed E-state index contributed by atoms with van der Waals surface area (Å²) in [5.41, 5.74) is 4.96. The SMILES string of the molecule is C=CCOCC(CN)P(=O)(O)c1ccccc1. The van der Waals surface area contributed by atoms with E-state index in [0.29, 0.717) is 11.9 Å². The molecule has 5 heteroatoms. The molecule has 4 nitrogen and oxygen atoms in total. The molecule has 0 aromatic heterocycles. The van der Waals surface area contributed by atoms with E-state index in [1.807, 2.05) is 0 Å². The Kier molecular flexibility index (Phi) is 5.59. The first-order valence-corrected chi connectivity index (χ1v) is 7.12. The highest BCUT2D eigenvalue weighted by atomic mass is 31.2. The maximum atomic E-state index is 12.3. The largest absolute Gasteiger partial charge is 0.376 e. The van der Waals surface area contributed by atoms with Gasteiger partial charge in [0.2, 0.25) is 7.37 Å². The smallest absolute Gasteiger partial charge is 0.236 e. The molecule has 0 heterocycles. The van der Waals surface area contributed by atoms with E-state index in [1.165, 1.54) is 0 Å². The molecule has 0 saturated heterocycles. The van der Waals surface area contributed by atoms with Crippen LogP contribution in [0.1, 0.15) is 0 Å². The van der Waals surface area contributed by atoms with E-state index in [1.54, 1.807) is 36.4 Å². The van der Waals surface area contributed by atoms with Crippen LogP contribution in [0.15, 0.2) is 43.0 Å². The summed E-state index contributed by atoms with van der Waals surface area (Å²) in [4.78, 5) is 10.1. The van der Waals surface area contributed by atoms with Crippen LogP contribution in [0.3, 0.4) is 0 Å². The van der Waals surface area contributed by atoms with Crippen LogP contribution in [-0.4, -0.2) is 30.3 Å². The summed E-state index contributed by atoms with van der Waals surface area (Å²) in [5, 5.41) is 0.414. The lowest BCUT2D eigenvalue weighted by molar-refractivity contribution is 0.160. The Hall–Kier alpha value is -0.930. The predicted octanol–water partition coefficient (Wildman–Crippen LogP) is 1.11. The van der Waals surface area contributed by atoms with Gasteiger partial charge in [-0.05, 0) is 12.1 Å². The molecule has 0 radical (unpaired) electrons. The molecule has 2 atom stereocenters. The summed E-state index contributed by atoms with van der Waals surface area (Å²) in [6.07, 6.45) is 1.60. The standard InChI is InChI=1S/C12H18NO3P/c1-2-8-16-10-12(9-13)17(14,15)11-6-4-3-5-7-11/h2-7,12H,1,8-10,13H2,(H,14,15). The van der Waals surface area contributed by atoms with Gasteiger partial charge < -0.3 is 15.4 Å². The molecule has 0 aliphatic heterocycles. The number of hydrogen-bond acceptors (Lipinski definition) is 3. The maximum Gasteiger partial charge on any atom is 0.236 e. The quantitative estimate of drug-likeness (QED) is 0.435. The van der Waals surface area contributed by atoms with Crippen LogP contribution in [0.4, 0.5) is 0 Å². The van der Waals surface area contributed by atoms with Crippen molar-refractivity contribution < 1.29 is 14.2 Å². The Morgan fingerprint density at radius 3 is 2.65 bits per heavy atom. The Labute approximate surface area is 102 Å². The fraction of sp³-hybridized carbons (Fsp3) is 0.333. The third-order valence-electron chi connectivity index (χ3n) is 2.44. The molecule has 0 bridgehead atoms. The lowest BCUT2D eigenvalue weighted by Crippen LogP contribution is -2.30. The van der Waals surface area contributed by atoms with Crippen LogP contribution in [0, 0.1) is 0 Å². The Morgan fingerprint density at radius 2 is 2.12 bits per heavy atom. The zero-order valence-corrected chi connectivity index (χ0v) is 10.6. The summed E-state index contributed by atoms with van der Waals surface area (Å²) >= 11 is 0. The zero-order chi connectivity index (χ0) is 12.7. The molecule has 0 amide bonds. The zero-order valence-electron chi connectivity index (χ0n) is 9.66.